The van der Waals surface area contributed by atoms with Crippen LogP contribution in [0.2, 0.25) is 0 Å². The molecule has 0 aliphatic heterocycles. The second kappa shape index (κ2) is 8.33. The summed E-state index contributed by atoms with van der Waals surface area (Å²) < 4.78 is 11.7. The Morgan fingerprint density at radius 2 is 1.50 bits per heavy atom. The molecule has 126 valence electrons. The first-order chi connectivity index (χ1) is 11.4. The van der Waals surface area contributed by atoms with Crippen molar-refractivity contribution >= 4 is 34.1 Å². The highest BCUT2D eigenvalue weighted by Gasteiger charge is 2.18. The molecule has 0 saturated carbocycles. The standard InChI is InChI=1S/C20H21IO3/c1-13(2)24-20(16-7-5-14(3)6-8-16)18(21)19(22)15-9-11-17(23-4)12-10-15/h5-13H,1-4H3/b20-18-. The molecule has 2 aromatic rings. The molecule has 0 fully saturated rings. The summed E-state index contributed by atoms with van der Waals surface area (Å²) in [6.45, 7) is 5.94. The zero-order valence-electron chi connectivity index (χ0n) is 14.3. The zero-order valence-corrected chi connectivity index (χ0v) is 16.5. The van der Waals surface area contributed by atoms with Crippen molar-refractivity contribution in [1.82, 2.24) is 0 Å². The van der Waals surface area contributed by atoms with Crippen LogP contribution in [0, 0.1) is 6.92 Å². The van der Waals surface area contributed by atoms with Gasteiger partial charge in [0.15, 0.2) is 0 Å². The molecule has 0 N–H and O–H groups in total. The average Bonchev–Trinajstić information content (AvgIpc) is 2.59. The van der Waals surface area contributed by atoms with Crippen molar-refractivity contribution in [2.24, 2.45) is 0 Å². The topological polar surface area (TPSA) is 35.5 Å². The molecule has 0 atom stereocenters. The van der Waals surface area contributed by atoms with Crippen LogP contribution in [0.15, 0.2) is 52.1 Å². The van der Waals surface area contributed by atoms with E-state index in [4.69, 9.17) is 9.47 Å². The van der Waals surface area contributed by atoms with E-state index < -0.39 is 0 Å². The minimum atomic E-state index is -0.0607. The van der Waals surface area contributed by atoms with Gasteiger partial charge in [0.2, 0.25) is 5.78 Å². The summed E-state index contributed by atoms with van der Waals surface area (Å²) in [5.41, 5.74) is 2.68. The fraction of sp³-hybridized carbons (Fsp3) is 0.250. The maximum atomic E-state index is 12.8. The molecule has 0 spiro atoms. The number of allylic oxidation sites excluding steroid dienone is 1. The van der Waals surface area contributed by atoms with Crippen LogP contribution in [-0.2, 0) is 4.74 Å². The highest BCUT2D eigenvalue weighted by molar-refractivity contribution is 14.1. The summed E-state index contributed by atoms with van der Waals surface area (Å²) in [5.74, 6) is 1.28. The summed E-state index contributed by atoms with van der Waals surface area (Å²) in [7, 11) is 1.60. The highest BCUT2D eigenvalue weighted by Crippen LogP contribution is 2.29. The molecule has 0 heterocycles. The van der Waals surface area contributed by atoms with Gasteiger partial charge in [0.25, 0.3) is 0 Å². The Morgan fingerprint density at radius 1 is 0.958 bits per heavy atom. The van der Waals surface area contributed by atoms with Gasteiger partial charge in [-0.25, -0.2) is 0 Å². The van der Waals surface area contributed by atoms with E-state index in [1.807, 2.05) is 45.0 Å². The van der Waals surface area contributed by atoms with Gasteiger partial charge in [0.05, 0.1) is 13.2 Å². The van der Waals surface area contributed by atoms with Crippen molar-refractivity contribution in [3.05, 3.63) is 68.8 Å². The van der Waals surface area contributed by atoms with Crippen molar-refractivity contribution < 1.29 is 14.3 Å². The Kier molecular flexibility index (Phi) is 6.43. The van der Waals surface area contributed by atoms with Gasteiger partial charge in [-0.15, -0.1) is 0 Å². The molecule has 24 heavy (non-hydrogen) atoms. The molecule has 0 unspecified atom stereocenters. The number of Topliss-reactive ketones (excluding diaryl/α,β-unsaturated/α-hetero) is 1. The molecule has 0 bridgehead atoms. The van der Waals surface area contributed by atoms with Gasteiger partial charge >= 0.3 is 0 Å². The quantitative estimate of drug-likeness (QED) is 0.263. The van der Waals surface area contributed by atoms with Crippen molar-refractivity contribution in [1.29, 1.82) is 0 Å². The number of methoxy groups -OCH3 is 1. The number of carbonyl (C=O) groups is 1. The Morgan fingerprint density at radius 3 is 2.00 bits per heavy atom. The average molecular weight is 436 g/mol. The van der Waals surface area contributed by atoms with Crippen LogP contribution in [-0.4, -0.2) is 19.0 Å². The van der Waals surface area contributed by atoms with E-state index in [0.29, 0.717) is 14.9 Å². The lowest BCUT2D eigenvalue weighted by Gasteiger charge is -2.16. The van der Waals surface area contributed by atoms with Crippen molar-refractivity contribution in [2.75, 3.05) is 7.11 Å². The predicted molar refractivity (Wildman–Crippen MR) is 106 cm³/mol. The largest absolute Gasteiger partial charge is 0.497 e. The zero-order chi connectivity index (χ0) is 17.7. The summed E-state index contributed by atoms with van der Waals surface area (Å²) in [5, 5.41) is 0. The molecule has 0 aliphatic carbocycles. The summed E-state index contributed by atoms with van der Waals surface area (Å²) in [6, 6.07) is 15.1. The summed E-state index contributed by atoms with van der Waals surface area (Å²) in [4.78, 5) is 12.8. The summed E-state index contributed by atoms with van der Waals surface area (Å²) in [6.07, 6.45) is -0.0188. The van der Waals surface area contributed by atoms with Gasteiger partial charge in [0, 0.05) is 11.1 Å². The number of carbonyl (C=O) groups excluding carboxylic acids is 1. The smallest absolute Gasteiger partial charge is 0.202 e. The molecule has 2 aromatic carbocycles. The maximum Gasteiger partial charge on any atom is 0.202 e. The number of rotatable bonds is 6. The lowest BCUT2D eigenvalue weighted by atomic mass is 10.1. The van der Waals surface area contributed by atoms with Gasteiger partial charge in [-0.3, -0.25) is 4.79 Å². The molecular weight excluding hydrogens is 415 g/mol. The predicted octanol–water partition coefficient (Wildman–Crippen LogP) is 5.42. The number of hydrogen-bond acceptors (Lipinski definition) is 3. The maximum absolute atomic E-state index is 12.8. The van der Waals surface area contributed by atoms with Gasteiger partial charge in [-0.2, -0.15) is 0 Å². The molecule has 0 saturated heterocycles. The second-order valence-electron chi connectivity index (χ2n) is 5.73. The van der Waals surface area contributed by atoms with Gasteiger partial charge in [0.1, 0.15) is 15.1 Å². The minimum absolute atomic E-state index is 0.0188. The molecule has 0 amide bonds. The number of ketones is 1. The van der Waals surface area contributed by atoms with Crippen LogP contribution in [0.1, 0.15) is 35.3 Å². The Balaban J connectivity index is 2.43. The van der Waals surface area contributed by atoms with Crippen molar-refractivity contribution in [3.63, 3.8) is 0 Å². The first kappa shape index (κ1) is 18.5. The molecule has 2 rings (SSSR count). The minimum Gasteiger partial charge on any atom is -0.497 e. The molecular formula is C20H21IO3. The highest BCUT2D eigenvalue weighted by atomic mass is 127. The molecule has 3 nitrogen and oxygen atoms in total. The van der Waals surface area contributed by atoms with Gasteiger partial charge in [-0.05, 0) is 67.6 Å². The fourth-order valence-electron chi connectivity index (χ4n) is 2.16. The van der Waals surface area contributed by atoms with Gasteiger partial charge in [-0.1, -0.05) is 29.8 Å². The van der Waals surface area contributed by atoms with E-state index in [9.17, 15) is 4.79 Å². The fourth-order valence-corrected chi connectivity index (χ4v) is 2.91. The van der Waals surface area contributed by atoms with Crippen LogP contribution >= 0.6 is 22.6 Å². The van der Waals surface area contributed by atoms with E-state index in [-0.39, 0.29) is 11.9 Å². The second-order valence-corrected chi connectivity index (χ2v) is 6.81. The number of hydrogen-bond donors (Lipinski definition) is 0. The monoisotopic (exact) mass is 436 g/mol. The Bertz CT molecular complexity index is 728. The first-order valence-electron chi connectivity index (χ1n) is 7.74. The normalized spacial score (nSPS) is 11.9. The van der Waals surface area contributed by atoms with Gasteiger partial charge < -0.3 is 9.47 Å². The third-order valence-electron chi connectivity index (χ3n) is 3.42. The lowest BCUT2D eigenvalue weighted by molar-refractivity contribution is 0.104. The number of benzene rings is 2. The van der Waals surface area contributed by atoms with Crippen molar-refractivity contribution in [3.8, 4) is 5.75 Å². The molecule has 0 radical (unpaired) electrons. The van der Waals surface area contributed by atoms with Crippen LogP contribution in [0.25, 0.3) is 5.76 Å². The molecule has 0 aromatic heterocycles. The van der Waals surface area contributed by atoms with E-state index in [0.717, 1.165) is 11.3 Å². The van der Waals surface area contributed by atoms with Crippen LogP contribution in [0.5, 0.6) is 5.75 Å². The van der Waals surface area contributed by atoms with Crippen molar-refractivity contribution in [2.45, 2.75) is 26.9 Å². The third kappa shape index (κ3) is 4.60. The van der Waals surface area contributed by atoms with Crippen LogP contribution in [0.4, 0.5) is 0 Å². The number of halogens is 1. The summed E-state index contributed by atoms with van der Waals surface area (Å²) >= 11 is 2.07. The third-order valence-corrected chi connectivity index (χ3v) is 4.40. The van der Waals surface area contributed by atoms with E-state index in [1.54, 1.807) is 31.4 Å². The Hall–Kier alpha value is -1.82. The van der Waals surface area contributed by atoms with E-state index in [1.165, 1.54) is 5.56 Å². The number of ether oxygens (including phenoxy) is 2. The molecule has 4 heteroatoms. The van der Waals surface area contributed by atoms with Crippen LogP contribution in [0.3, 0.4) is 0 Å². The molecule has 0 aliphatic rings. The van der Waals surface area contributed by atoms with E-state index in [2.05, 4.69) is 22.6 Å². The van der Waals surface area contributed by atoms with Crippen LogP contribution < -0.4 is 4.74 Å². The SMILES string of the molecule is COc1ccc(C(=O)/C(I)=C(/OC(C)C)c2ccc(C)cc2)cc1. The lowest BCUT2D eigenvalue weighted by Crippen LogP contribution is -2.08. The Labute approximate surface area is 156 Å². The first-order valence-corrected chi connectivity index (χ1v) is 8.82. The number of aryl methyl sites for hydroxylation is 1. The van der Waals surface area contributed by atoms with E-state index >= 15 is 0 Å².